The van der Waals surface area contributed by atoms with Crippen LogP contribution in [0.3, 0.4) is 0 Å². The Balaban J connectivity index is 2.07. The minimum Gasteiger partial charge on any atom is -0.339 e. The Morgan fingerprint density at radius 1 is 1.25 bits per heavy atom. The van der Waals surface area contributed by atoms with Crippen molar-refractivity contribution in [2.24, 2.45) is 5.92 Å². The van der Waals surface area contributed by atoms with Gasteiger partial charge < -0.3 is 4.90 Å². The first-order valence-corrected chi connectivity index (χ1v) is 5.96. The third kappa shape index (κ3) is 2.88. The molecule has 110 valence electrons. The first kappa shape index (κ1) is 14.7. The van der Waals surface area contributed by atoms with Crippen molar-refractivity contribution in [3.63, 3.8) is 0 Å². The molecule has 1 aromatic rings. The van der Waals surface area contributed by atoms with Gasteiger partial charge in [0.05, 0.1) is 11.5 Å². The molecule has 0 spiro atoms. The molecule has 0 saturated carbocycles. The van der Waals surface area contributed by atoms with Gasteiger partial charge in [0.15, 0.2) is 5.82 Å². The Hall–Kier alpha value is -1.73. The summed E-state index contributed by atoms with van der Waals surface area (Å²) >= 11 is 0. The van der Waals surface area contributed by atoms with E-state index in [2.05, 4.69) is 4.98 Å². The molecule has 1 aliphatic heterocycles. The van der Waals surface area contributed by atoms with E-state index in [1.165, 1.54) is 0 Å². The molecule has 0 unspecified atom stereocenters. The number of pyridine rings is 1. The highest BCUT2D eigenvalue weighted by atomic mass is 19.4. The Morgan fingerprint density at radius 2 is 1.85 bits per heavy atom. The maximum Gasteiger partial charge on any atom is 0.391 e. The minimum atomic E-state index is -4.29. The molecule has 1 saturated heterocycles. The van der Waals surface area contributed by atoms with E-state index < -0.39 is 35.3 Å². The van der Waals surface area contributed by atoms with Gasteiger partial charge in [-0.25, -0.2) is 9.37 Å². The number of aromatic nitrogens is 1. The molecule has 1 aliphatic rings. The number of nitrogens with zero attached hydrogens (tertiary/aromatic N) is 2. The summed E-state index contributed by atoms with van der Waals surface area (Å²) in [5.41, 5.74) is -0.511. The summed E-state index contributed by atoms with van der Waals surface area (Å²) in [5, 5.41) is 0. The van der Waals surface area contributed by atoms with Gasteiger partial charge in [0.1, 0.15) is 0 Å². The minimum absolute atomic E-state index is 0.133. The average molecular weight is 294 g/mol. The summed E-state index contributed by atoms with van der Waals surface area (Å²) in [6.45, 7) is -0.265. The lowest BCUT2D eigenvalue weighted by Gasteiger charge is -2.33. The third-order valence-corrected chi connectivity index (χ3v) is 3.32. The number of rotatable bonds is 1. The fourth-order valence-corrected chi connectivity index (χ4v) is 2.16. The molecule has 0 aromatic carbocycles. The molecule has 0 aliphatic carbocycles. The zero-order valence-corrected chi connectivity index (χ0v) is 10.3. The number of hydrogen-bond acceptors (Lipinski definition) is 2. The second-order valence-electron chi connectivity index (χ2n) is 4.57. The zero-order chi connectivity index (χ0) is 14.9. The Kier molecular flexibility index (Phi) is 3.92. The maximum absolute atomic E-state index is 13.4. The van der Waals surface area contributed by atoms with Crippen LogP contribution < -0.4 is 0 Å². The van der Waals surface area contributed by atoms with Gasteiger partial charge in [0, 0.05) is 19.3 Å². The van der Waals surface area contributed by atoms with Crippen molar-refractivity contribution in [3.8, 4) is 0 Å². The molecule has 1 amide bonds. The monoisotopic (exact) mass is 294 g/mol. The molecule has 0 atom stereocenters. The topological polar surface area (TPSA) is 33.2 Å². The van der Waals surface area contributed by atoms with Crippen LogP contribution in [0.2, 0.25) is 0 Å². The number of amides is 1. The van der Waals surface area contributed by atoms with E-state index in [1.54, 1.807) is 0 Å². The van der Waals surface area contributed by atoms with Gasteiger partial charge >= 0.3 is 6.18 Å². The van der Waals surface area contributed by atoms with Gasteiger partial charge in [0.2, 0.25) is 5.95 Å². The van der Waals surface area contributed by atoms with Crippen LogP contribution in [0.4, 0.5) is 22.0 Å². The molecule has 1 aromatic heterocycles. The number of carbonyl (C=O) groups excluding carboxylic acids is 1. The van der Waals surface area contributed by atoms with Crippen molar-refractivity contribution in [3.05, 3.63) is 29.6 Å². The van der Waals surface area contributed by atoms with Gasteiger partial charge in [-0.05, 0) is 18.9 Å². The predicted molar refractivity (Wildman–Crippen MR) is 58.8 cm³/mol. The number of alkyl halides is 3. The third-order valence-electron chi connectivity index (χ3n) is 3.32. The molecule has 8 heteroatoms. The lowest BCUT2D eigenvalue weighted by molar-refractivity contribution is -0.183. The first-order valence-electron chi connectivity index (χ1n) is 5.96. The smallest absolute Gasteiger partial charge is 0.339 e. The standard InChI is InChI=1S/C12H11F5N2O/c13-9-8(1-4-18-10(9)14)11(20)19-5-2-7(3-6-19)12(15,16)17/h1,4,7H,2-3,5-6H2. The Bertz CT molecular complexity index is 509. The largest absolute Gasteiger partial charge is 0.391 e. The summed E-state index contributed by atoms with van der Waals surface area (Å²) in [7, 11) is 0. The summed E-state index contributed by atoms with van der Waals surface area (Å²) in [6, 6.07) is 1.01. The second kappa shape index (κ2) is 5.34. The average Bonchev–Trinajstić information content (AvgIpc) is 2.40. The second-order valence-corrected chi connectivity index (χ2v) is 4.57. The van der Waals surface area contributed by atoms with Gasteiger partial charge in [-0.2, -0.15) is 17.6 Å². The van der Waals surface area contributed by atoms with E-state index >= 15 is 0 Å². The van der Waals surface area contributed by atoms with Gasteiger partial charge in [-0.1, -0.05) is 0 Å². The molecule has 2 rings (SSSR count). The van der Waals surface area contributed by atoms with Crippen LogP contribution >= 0.6 is 0 Å². The number of hydrogen-bond donors (Lipinski definition) is 0. The van der Waals surface area contributed by atoms with E-state index in [9.17, 15) is 26.7 Å². The highest BCUT2D eigenvalue weighted by molar-refractivity contribution is 5.94. The molecule has 20 heavy (non-hydrogen) atoms. The van der Waals surface area contributed by atoms with Crippen LogP contribution in [0.25, 0.3) is 0 Å². The zero-order valence-electron chi connectivity index (χ0n) is 10.3. The molecule has 1 fully saturated rings. The molecule has 2 heterocycles. The molecule has 0 radical (unpaired) electrons. The van der Waals surface area contributed by atoms with Crippen molar-refractivity contribution >= 4 is 5.91 Å². The number of likely N-dealkylation sites (tertiary alicyclic amines) is 1. The van der Waals surface area contributed by atoms with Crippen LogP contribution in [0.1, 0.15) is 23.2 Å². The van der Waals surface area contributed by atoms with Crippen molar-refractivity contribution < 1.29 is 26.7 Å². The van der Waals surface area contributed by atoms with E-state index in [0.29, 0.717) is 0 Å². The van der Waals surface area contributed by atoms with Crippen molar-refractivity contribution in [1.29, 1.82) is 0 Å². The Morgan fingerprint density at radius 3 is 2.40 bits per heavy atom. The maximum atomic E-state index is 13.4. The Labute approximate surface area is 111 Å². The first-order chi connectivity index (χ1) is 9.30. The molecule has 0 N–H and O–H groups in total. The van der Waals surface area contributed by atoms with Crippen molar-refractivity contribution in [2.45, 2.75) is 19.0 Å². The summed E-state index contributed by atoms with van der Waals surface area (Å²) in [4.78, 5) is 16.1. The fraction of sp³-hybridized carbons (Fsp3) is 0.500. The molecule has 0 bridgehead atoms. The van der Waals surface area contributed by atoms with E-state index in [0.717, 1.165) is 17.2 Å². The van der Waals surface area contributed by atoms with Gasteiger partial charge in [-0.3, -0.25) is 4.79 Å². The van der Waals surface area contributed by atoms with Crippen LogP contribution in [-0.4, -0.2) is 35.1 Å². The summed E-state index contributed by atoms with van der Waals surface area (Å²) in [6.07, 6.45) is -3.81. The van der Waals surface area contributed by atoms with E-state index in [1.807, 2.05) is 0 Å². The molecular weight excluding hydrogens is 283 g/mol. The lowest BCUT2D eigenvalue weighted by Crippen LogP contribution is -2.42. The SMILES string of the molecule is O=C(c1ccnc(F)c1F)N1CCC(C(F)(F)F)CC1. The van der Waals surface area contributed by atoms with Crippen LogP contribution in [0.15, 0.2) is 12.3 Å². The molecular formula is C12H11F5N2O. The number of carbonyl (C=O) groups is 1. The highest BCUT2D eigenvalue weighted by Crippen LogP contribution is 2.34. The van der Waals surface area contributed by atoms with Gasteiger partial charge in [-0.15, -0.1) is 0 Å². The predicted octanol–water partition coefficient (Wildman–Crippen LogP) is 2.77. The quantitative estimate of drug-likeness (QED) is 0.589. The summed E-state index contributed by atoms with van der Waals surface area (Å²) < 4.78 is 63.8. The van der Waals surface area contributed by atoms with Gasteiger partial charge in [0.25, 0.3) is 5.91 Å². The normalized spacial score (nSPS) is 17.4. The lowest BCUT2D eigenvalue weighted by atomic mass is 9.96. The summed E-state index contributed by atoms with van der Waals surface area (Å²) in [5.74, 6) is -5.05. The van der Waals surface area contributed by atoms with Crippen LogP contribution in [-0.2, 0) is 0 Å². The van der Waals surface area contributed by atoms with Crippen LogP contribution in [0.5, 0.6) is 0 Å². The fourth-order valence-electron chi connectivity index (χ4n) is 2.16. The number of halogens is 5. The van der Waals surface area contributed by atoms with E-state index in [4.69, 9.17) is 0 Å². The molecule has 3 nitrogen and oxygen atoms in total. The van der Waals surface area contributed by atoms with Crippen molar-refractivity contribution in [1.82, 2.24) is 9.88 Å². The van der Waals surface area contributed by atoms with Crippen molar-refractivity contribution in [2.75, 3.05) is 13.1 Å². The van der Waals surface area contributed by atoms with E-state index in [-0.39, 0.29) is 25.9 Å². The number of piperidine rings is 1. The van der Waals surface area contributed by atoms with Crippen LogP contribution in [0, 0.1) is 17.7 Å². The highest BCUT2D eigenvalue weighted by Gasteiger charge is 2.42.